The smallest absolute Gasteiger partial charge is 0.105 e. The molecular formula is C13H18BrN3O. The number of hydrogen-bond donors (Lipinski definition) is 1. The molecule has 0 spiro atoms. The molecule has 18 heavy (non-hydrogen) atoms. The van der Waals surface area contributed by atoms with Crippen LogP contribution in [0.15, 0.2) is 21.2 Å². The zero-order valence-corrected chi connectivity index (χ0v) is 12.7. The van der Waals surface area contributed by atoms with Crippen molar-refractivity contribution in [3.05, 3.63) is 39.5 Å². The molecule has 0 fully saturated rings. The topological polar surface area (TPSA) is 43.0 Å². The average Bonchev–Trinajstić information content (AvgIpc) is 2.84. The Morgan fingerprint density at radius 1 is 1.50 bits per heavy atom. The normalized spacial score (nSPS) is 12.9. The van der Waals surface area contributed by atoms with E-state index >= 15 is 0 Å². The van der Waals surface area contributed by atoms with Crippen LogP contribution < -0.4 is 5.32 Å². The van der Waals surface area contributed by atoms with E-state index in [1.807, 2.05) is 38.7 Å². The third-order valence-corrected chi connectivity index (χ3v) is 4.31. The van der Waals surface area contributed by atoms with Crippen LogP contribution in [0.1, 0.15) is 28.8 Å². The molecule has 1 N–H and O–H groups in total. The van der Waals surface area contributed by atoms with Gasteiger partial charge in [-0.1, -0.05) is 0 Å². The van der Waals surface area contributed by atoms with Gasteiger partial charge in [0.15, 0.2) is 0 Å². The van der Waals surface area contributed by atoms with Gasteiger partial charge in [-0.25, -0.2) is 0 Å². The van der Waals surface area contributed by atoms with Gasteiger partial charge in [-0.05, 0) is 42.9 Å². The fourth-order valence-electron chi connectivity index (χ4n) is 2.22. The molecule has 2 aromatic heterocycles. The summed E-state index contributed by atoms with van der Waals surface area (Å²) in [5.41, 5.74) is 3.40. The summed E-state index contributed by atoms with van der Waals surface area (Å²) in [6.07, 6.45) is 2.60. The monoisotopic (exact) mass is 311 g/mol. The van der Waals surface area contributed by atoms with Gasteiger partial charge in [0.1, 0.15) is 5.76 Å². The van der Waals surface area contributed by atoms with Gasteiger partial charge in [0, 0.05) is 25.1 Å². The Morgan fingerprint density at radius 3 is 2.67 bits per heavy atom. The highest BCUT2D eigenvalue weighted by Crippen LogP contribution is 2.27. The van der Waals surface area contributed by atoms with Crippen LogP contribution >= 0.6 is 15.9 Å². The minimum Gasteiger partial charge on any atom is -0.469 e. The van der Waals surface area contributed by atoms with Crippen molar-refractivity contribution in [2.45, 2.75) is 26.3 Å². The summed E-state index contributed by atoms with van der Waals surface area (Å²) in [6.45, 7) is 3.99. The van der Waals surface area contributed by atoms with Crippen LogP contribution in [0.5, 0.6) is 0 Å². The SMILES string of the molecule is CNC(Cc1c(Br)c(C)nn1C)c1ccoc1C. The van der Waals surface area contributed by atoms with Crippen molar-refractivity contribution in [1.29, 1.82) is 0 Å². The zero-order valence-electron chi connectivity index (χ0n) is 11.1. The van der Waals surface area contributed by atoms with Crippen LogP contribution in [0.2, 0.25) is 0 Å². The van der Waals surface area contributed by atoms with E-state index in [2.05, 4.69) is 26.3 Å². The lowest BCUT2D eigenvalue weighted by Gasteiger charge is -2.16. The standard InChI is InChI=1S/C13H18BrN3O/c1-8-13(14)12(17(4)16-8)7-11(15-3)10-5-6-18-9(10)2/h5-6,11,15H,7H2,1-4H3. The molecule has 0 radical (unpaired) electrons. The molecular weight excluding hydrogens is 294 g/mol. The number of aromatic nitrogens is 2. The second kappa shape index (κ2) is 5.28. The lowest BCUT2D eigenvalue weighted by molar-refractivity contribution is 0.506. The minimum atomic E-state index is 0.231. The number of likely N-dealkylation sites (N-methyl/N-ethyl adjacent to an activating group) is 1. The van der Waals surface area contributed by atoms with Gasteiger partial charge in [-0.15, -0.1) is 0 Å². The second-order valence-electron chi connectivity index (χ2n) is 4.45. The summed E-state index contributed by atoms with van der Waals surface area (Å²) >= 11 is 3.61. The van der Waals surface area contributed by atoms with Crippen molar-refractivity contribution < 1.29 is 4.42 Å². The number of halogens is 1. The fraction of sp³-hybridized carbons (Fsp3) is 0.462. The lowest BCUT2D eigenvalue weighted by Crippen LogP contribution is -2.20. The number of furan rings is 1. The molecule has 0 aromatic carbocycles. The summed E-state index contributed by atoms with van der Waals surface area (Å²) in [5, 5.41) is 7.76. The van der Waals surface area contributed by atoms with E-state index in [4.69, 9.17) is 4.42 Å². The first kappa shape index (κ1) is 13.4. The Labute approximate surface area is 115 Å². The van der Waals surface area contributed by atoms with Crippen LogP contribution in [0.25, 0.3) is 0 Å². The molecule has 98 valence electrons. The van der Waals surface area contributed by atoms with Gasteiger partial charge in [-0.3, -0.25) is 4.68 Å². The molecule has 1 atom stereocenters. The van der Waals surface area contributed by atoms with Gasteiger partial charge in [-0.2, -0.15) is 5.10 Å². The zero-order chi connectivity index (χ0) is 13.3. The molecule has 0 saturated heterocycles. The van der Waals surface area contributed by atoms with Crippen LogP contribution in [0.4, 0.5) is 0 Å². The first-order valence-corrected chi connectivity index (χ1v) is 6.73. The Balaban J connectivity index is 2.29. The first-order chi connectivity index (χ1) is 8.54. The molecule has 0 aliphatic carbocycles. The van der Waals surface area contributed by atoms with Crippen LogP contribution in [-0.4, -0.2) is 16.8 Å². The summed E-state index contributed by atoms with van der Waals surface area (Å²) < 4.78 is 8.40. The van der Waals surface area contributed by atoms with Crippen molar-refractivity contribution in [3.63, 3.8) is 0 Å². The predicted molar refractivity (Wildman–Crippen MR) is 74.6 cm³/mol. The van der Waals surface area contributed by atoms with Crippen LogP contribution in [0.3, 0.4) is 0 Å². The number of nitrogens with zero attached hydrogens (tertiary/aromatic N) is 2. The number of aryl methyl sites for hydroxylation is 3. The van der Waals surface area contributed by atoms with E-state index in [0.717, 1.165) is 22.3 Å². The molecule has 0 bridgehead atoms. The number of hydrogen-bond acceptors (Lipinski definition) is 3. The molecule has 2 rings (SSSR count). The molecule has 0 saturated carbocycles. The fourth-order valence-corrected chi connectivity index (χ4v) is 2.72. The van der Waals surface area contributed by atoms with Crippen molar-refractivity contribution in [3.8, 4) is 0 Å². The Hall–Kier alpha value is -1.07. The Morgan fingerprint density at radius 2 is 2.22 bits per heavy atom. The third kappa shape index (κ3) is 2.37. The largest absolute Gasteiger partial charge is 0.469 e. The van der Waals surface area contributed by atoms with Crippen molar-refractivity contribution in [2.24, 2.45) is 7.05 Å². The number of nitrogens with one attached hydrogen (secondary N) is 1. The van der Waals surface area contributed by atoms with Gasteiger partial charge >= 0.3 is 0 Å². The van der Waals surface area contributed by atoms with Gasteiger partial charge in [0.25, 0.3) is 0 Å². The highest BCUT2D eigenvalue weighted by atomic mass is 79.9. The van der Waals surface area contributed by atoms with E-state index in [0.29, 0.717) is 0 Å². The molecule has 5 heteroatoms. The van der Waals surface area contributed by atoms with E-state index < -0.39 is 0 Å². The molecule has 4 nitrogen and oxygen atoms in total. The predicted octanol–water partition coefficient (Wildman–Crippen LogP) is 2.90. The summed E-state index contributed by atoms with van der Waals surface area (Å²) in [4.78, 5) is 0. The van der Waals surface area contributed by atoms with E-state index in [1.54, 1.807) is 6.26 Å². The van der Waals surface area contributed by atoms with Crippen molar-refractivity contribution >= 4 is 15.9 Å². The van der Waals surface area contributed by atoms with E-state index in [9.17, 15) is 0 Å². The van der Waals surface area contributed by atoms with Gasteiger partial charge in [0.2, 0.25) is 0 Å². The maximum absolute atomic E-state index is 5.38. The molecule has 2 heterocycles. The van der Waals surface area contributed by atoms with Crippen LogP contribution in [0, 0.1) is 13.8 Å². The second-order valence-corrected chi connectivity index (χ2v) is 5.24. The van der Waals surface area contributed by atoms with Crippen molar-refractivity contribution in [1.82, 2.24) is 15.1 Å². The van der Waals surface area contributed by atoms with E-state index in [1.165, 1.54) is 11.3 Å². The highest BCUT2D eigenvalue weighted by molar-refractivity contribution is 9.10. The quantitative estimate of drug-likeness (QED) is 0.944. The van der Waals surface area contributed by atoms with Crippen LogP contribution in [-0.2, 0) is 13.5 Å². The Bertz CT molecular complexity index is 544. The summed E-state index contributed by atoms with van der Waals surface area (Å²) in [6, 6.07) is 2.25. The third-order valence-electron chi connectivity index (χ3n) is 3.28. The van der Waals surface area contributed by atoms with Crippen molar-refractivity contribution in [2.75, 3.05) is 7.05 Å². The molecule has 1 unspecified atom stereocenters. The minimum absolute atomic E-state index is 0.231. The van der Waals surface area contributed by atoms with Gasteiger partial charge in [0.05, 0.1) is 22.1 Å². The Kier molecular flexibility index (Phi) is 3.92. The first-order valence-electron chi connectivity index (χ1n) is 5.93. The number of rotatable bonds is 4. The molecule has 0 aliphatic rings. The lowest BCUT2D eigenvalue weighted by atomic mass is 10.0. The maximum Gasteiger partial charge on any atom is 0.105 e. The average molecular weight is 312 g/mol. The molecule has 0 amide bonds. The maximum atomic E-state index is 5.38. The summed E-state index contributed by atoms with van der Waals surface area (Å²) in [5.74, 6) is 0.962. The molecule has 2 aromatic rings. The van der Waals surface area contributed by atoms with E-state index in [-0.39, 0.29) is 6.04 Å². The van der Waals surface area contributed by atoms with Gasteiger partial charge < -0.3 is 9.73 Å². The summed E-state index contributed by atoms with van der Waals surface area (Å²) in [7, 11) is 3.94. The molecule has 0 aliphatic heterocycles. The highest BCUT2D eigenvalue weighted by Gasteiger charge is 2.19.